The highest BCUT2D eigenvalue weighted by Crippen LogP contribution is 2.25. The first-order chi connectivity index (χ1) is 9.61. The average Bonchev–Trinajstić information content (AvgIpc) is 2.87. The van der Waals surface area contributed by atoms with Gasteiger partial charge >= 0.3 is 0 Å². The van der Waals surface area contributed by atoms with Crippen LogP contribution in [0, 0.1) is 17.5 Å². The molecule has 0 aliphatic carbocycles. The van der Waals surface area contributed by atoms with Crippen molar-refractivity contribution in [2.24, 2.45) is 0 Å². The quantitative estimate of drug-likeness (QED) is 0.867. The fraction of sp³-hybridized carbons (Fsp3) is 0.333. The van der Waals surface area contributed by atoms with Crippen LogP contribution in [-0.2, 0) is 6.42 Å². The van der Waals surface area contributed by atoms with Crippen molar-refractivity contribution in [3.05, 3.63) is 59.3 Å². The largest absolute Gasteiger partial charge is 0.469 e. The topological polar surface area (TPSA) is 25.2 Å². The highest BCUT2D eigenvalue weighted by Gasteiger charge is 2.22. The zero-order chi connectivity index (χ0) is 14.5. The first kappa shape index (κ1) is 14.7. The Kier molecular flexibility index (Phi) is 4.84. The van der Waals surface area contributed by atoms with E-state index in [0.29, 0.717) is 30.9 Å². The molecule has 2 nitrogen and oxygen atoms in total. The lowest BCUT2D eigenvalue weighted by Gasteiger charge is -2.19. The number of nitrogens with one attached hydrogen (secondary N) is 1. The number of hydrogen-bond donors (Lipinski definition) is 1. The van der Waals surface area contributed by atoms with Gasteiger partial charge < -0.3 is 9.73 Å². The van der Waals surface area contributed by atoms with Crippen molar-refractivity contribution in [2.45, 2.75) is 25.8 Å². The molecule has 0 saturated carbocycles. The number of hydrogen-bond acceptors (Lipinski definition) is 2. The van der Waals surface area contributed by atoms with Gasteiger partial charge in [-0.15, -0.1) is 0 Å². The molecular formula is C15H16F3NO. The van der Waals surface area contributed by atoms with E-state index in [0.717, 1.165) is 6.42 Å². The molecule has 0 radical (unpaired) electrons. The highest BCUT2D eigenvalue weighted by molar-refractivity contribution is 5.25. The summed E-state index contributed by atoms with van der Waals surface area (Å²) in [6.45, 7) is 2.55. The van der Waals surface area contributed by atoms with Crippen molar-refractivity contribution in [3.8, 4) is 0 Å². The lowest BCUT2D eigenvalue weighted by atomic mass is 10.0. The van der Waals surface area contributed by atoms with Gasteiger partial charge in [0.2, 0.25) is 0 Å². The van der Waals surface area contributed by atoms with Crippen molar-refractivity contribution in [3.63, 3.8) is 0 Å². The molecule has 0 saturated heterocycles. The van der Waals surface area contributed by atoms with E-state index in [-0.39, 0.29) is 5.56 Å². The van der Waals surface area contributed by atoms with Crippen LogP contribution in [0.15, 0.2) is 34.9 Å². The van der Waals surface area contributed by atoms with E-state index in [2.05, 4.69) is 5.32 Å². The van der Waals surface area contributed by atoms with Gasteiger partial charge in [-0.25, -0.2) is 13.2 Å². The fourth-order valence-electron chi connectivity index (χ4n) is 2.11. The first-order valence-corrected chi connectivity index (χ1v) is 6.52. The minimum Gasteiger partial charge on any atom is -0.469 e. The highest BCUT2D eigenvalue weighted by atomic mass is 19.1. The molecule has 2 aromatic rings. The summed E-state index contributed by atoms with van der Waals surface area (Å²) in [4.78, 5) is 0. The second kappa shape index (κ2) is 6.61. The van der Waals surface area contributed by atoms with Gasteiger partial charge in [0.1, 0.15) is 23.2 Å². The van der Waals surface area contributed by atoms with E-state index in [9.17, 15) is 13.2 Å². The molecule has 1 unspecified atom stereocenters. The summed E-state index contributed by atoms with van der Waals surface area (Å²) < 4.78 is 45.9. The van der Waals surface area contributed by atoms with Crippen LogP contribution in [0.4, 0.5) is 13.2 Å². The Morgan fingerprint density at radius 1 is 1.20 bits per heavy atom. The maximum absolute atomic E-state index is 13.9. The number of benzene rings is 1. The van der Waals surface area contributed by atoms with Gasteiger partial charge in [-0.05, 0) is 25.1 Å². The maximum Gasteiger partial charge on any atom is 0.133 e. The van der Waals surface area contributed by atoms with Crippen LogP contribution >= 0.6 is 0 Å². The van der Waals surface area contributed by atoms with E-state index in [4.69, 9.17) is 4.42 Å². The minimum atomic E-state index is -0.920. The molecule has 1 N–H and O–H groups in total. The average molecular weight is 283 g/mol. The monoisotopic (exact) mass is 283 g/mol. The number of halogens is 3. The second-order valence-corrected chi connectivity index (χ2v) is 4.57. The van der Waals surface area contributed by atoms with Gasteiger partial charge in [0, 0.05) is 30.2 Å². The van der Waals surface area contributed by atoms with Gasteiger partial charge in [0.15, 0.2) is 0 Å². The summed E-state index contributed by atoms with van der Waals surface area (Å²) in [6.07, 6.45) is 2.62. The molecule has 1 atom stereocenters. The SMILES string of the molecule is CCCNC(Cc1ccco1)c1c(F)cc(F)cc1F. The zero-order valence-electron chi connectivity index (χ0n) is 11.1. The Hall–Kier alpha value is -1.75. The second-order valence-electron chi connectivity index (χ2n) is 4.57. The zero-order valence-corrected chi connectivity index (χ0v) is 11.1. The molecule has 1 aromatic heterocycles. The molecule has 5 heteroatoms. The molecule has 20 heavy (non-hydrogen) atoms. The standard InChI is InChI=1S/C15H16F3NO/c1-2-5-19-14(9-11-4-3-6-20-11)15-12(17)7-10(16)8-13(15)18/h3-4,6-8,14,19H,2,5,9H2,1H3. The molecular weight excluding hydrogens is 267 g/mol. The molecule has 1 heterocycles. The fourth-order valence-corrected chi connectivity index (χ4v) is 2.11. The molecule has 0 bridgehead atoms. The lowest BCUT2D eigenvalue weighted by Crippen LogP contribution is -2.26. The minimum absolute atomic E-state index is 0.156. The van der Waals surface area contributed by atoms with Crippen LogP contribution in [0.5, 0.6) is 0 Å². The number of furan rings is 1. The van der Waals surface area contributed by atoms with Crippen molar-refractivity contribution >= 4 is 0 Å². The molecule has 1 aromatic carbocycles. The van der Waals surface area contributed by atoms with Crippen molar-refractivity contribution in [2.75, 3.05) is 6.54 Å². The van der Waals surface area contributed by atoms with E-state index >= 15 is 0 Å². The molecule has 0 fully saturated rings. The summed E-state index contributed by atoms with van der Waals surface area (Å²) >= 11 is 0. The Morgan fingerprint density at radius 3 is 2.45 bits per heavy atom. The normalized spacial score (nSPS) is 12.6. The maximum atomic E-state index is 13.9. The van der Waals surface area contributed by atoms with Crippen molar-refractivity contribution in [1.82, 2.24) is 5.32 Å². The van der Waals surface area contributed by atoms with Gasteiger partial charge in [0.25, 0.3) is 0 Å². The van der Waals surface area contributed by atoms with E-state index in [1.165, 1.54) is 6.26 Å². The third-order valence-electron chi connectivity index (χ3n) is 3.02. The summed E-state index contributed by atoms with van der Waals surface area (Å²) in [5.74, 6) is -2.08. The summed E-state index contributed by atoms with van der Waals surface area (Å²) in [7, 11) is 0. The predicted octanol–water partition coefficient (Wildman–Crippen LogP) is 3.98. The van der Waals surface area contributed by atoms with Crippen LogP contribution in [0.25, 0.3) is 0 Å². The molecule has 0 aliphatic rings. The summed E-state index contributed by atoms with van der Waals surface area (Å²) in [6, 6.07) is 4.24. The van der Waals surface area contributed by atoms with E-state index in [1.807, 2.05) is 6.92 Å². The Labute approximate surface area is 115 Å². The van der Waals surface area contributed by atoms with E-state index < -0.39 is 23.5 Å². The van der Waals surface area contributed by atoms with Crippen molar-refractivity contribution < 1.29 is 17.6 Å². The van der Waals surface area contributed by atoms with Crippen molar-refractivity contribution in [1.29, 1.82) is 0 Å². The summed E-state index contributed by atoms with van der Waals surface area (Å²) in [5.41, 5.74) is -0.156. The molecule has 2 rings (SSSR count). The van der Waals surface area contributed by atoms with Crippen LogP contribution in [0.3, 0.4) is 0 Å². The molecule has 0 spiro atoms. The predicted molar refractivity (Wildman–Crippen MR) is 69.8 cm³/mol. The molecule has 0 amide bonds. The van der Waals surface area contributed by atoms with E-state index in [1.54, 1.807) is 12.1 Å². The van der Waals surface area contributed by atoms with Gasteiger partial charge in [0.05, 0.1) is 6.26 Å². The molecule has 108 valence electrons. The van der Waals surface area contributed by atoms with Crippen LogP contribution in [0.2, 0.25) is 0 Å². The Morgan fingerprint density at radius 2 is 1.90 bits per heavy atom. The third kappa shape index (κ3) is 3.42. The third-order valence-corrected chi connectivity index (χ3v) is 3.02. The smallest absolute Gasteiger partial charge is 0.133 e. The first-order valence-electron chi connectivity index (χ1n) is 6.52. The summed E-state index contributed by atoms with van der Waals surface area (Å²) in [5, 5.41) is 3.06. The lowest BCUT2D eigenvalue weighted by molar-refractivity contribution is 0.419. The van der Waals surface area contributed by atoms with Crippen LogP contribution in [0.1, 0.15) is 30.7 Å². The Balaban J connectivity index is 2.30. The number of rotatable bonds is 6. The van der Waals surface area contributed by atoms with Gasteiger partial charge in [-0.3, -0.25) is 0 Å². The Bertz CT molecular complexity index is 531. The van der Waals surface area contributed by atoms with Gasteiger partial charge in [-0.1, -0.05) is 6.92 Å². The van der Waals surface area contributed by atoms with Crippen LogP contribution in [-0.4, -0.2) is 6.54 Å². The van der Waals surface area contributed by atoms with Crippen LogP contribution < -0.4 is 5.32 Å². The molecule has 0 aliphatic heterocycles. The van der Waals surface area contributed by atoms with Gasteiger partial charge in [-0.2, -0.15) is 0 Å².